The summed E-state index contributed by atoms with van der Waals surface area (Å²) in [5, 5.41) is 3.42. The Labute approximate surface area is 105 Å². The maximum Gasteiger partial charge on any atom is 0.0613 e. The van der Waals surface area contributed by atoms with E-state index in [1.54, 1.807) is 21.3 Å². The normalized spacial score (nSPS) is 13.2. The second-order valence-corrected chi connectivity index (χ2v) is 4.14. The molecule has 1 unspecified atom stereocenters. The van der Waals surface area contributed by atoms with Gasteiger partial charge in [-0.15, -0.1) is 0 Å². The Bertz CT molecular complexity index is 151. The standard InChI is InChI=1S/C12H28N2O3/c1-12(11-17-4)13-5-6-14(7-9-15-2)8-10-16-3/h12-13H,5-11H2,1-4H3. The summed E-state index contributed by atoms with van der Waals surface area (Å²) >= 11 is 0. The van der Waals surface area contributed by atoms with E-state index in [0.717, 1.165) is 46.0 Å². The number of methoxy groups -OCH3 is 3. The molecule has 0 aliphatic carbocycles. The van der Waals surface area contributed by atoms with Crippen molar-refractivity contribution >= 4 is 0 Å². The van der Waals surface area contributed by atoms with Gasteiger partial charge >= 0.3 is 0 Å². The van der Waals surface area contributed by atoms with Crippen molar-refractivity contribution in [3.05, 3.63) is 0 Å². The van der Waals surface area contributed by atoms with Crippen molar-refractivity contribution in [2.75, 3.05) is 67.3 Å². The van der Waals surface area contributed by atoms with Crippen LogP contribution >= 0.6 is 0 Å². The molecule has 0 amide bonds. The van der Waals surface area contributed by atoms with E-state index in [1.165, 1.54) is 0 Å². The van der Waals surface area contributed by atoms with Gasteiger partial charge in [-0.2, -0.15) is 0 Å². The zero-order valence-corrected chi connectivity index (χ0v) is 11.7. The highest BCUT2D eigenvalue weighted by Crippen LogP contribution is 1.89. The Balaban J connectivity index is 3.65. The van der Waals surface area contributed by atoms with E-state index in [1.807, 2.05) is 0 Å². The second-order valence-electron chi connectivity index (χ2n) is 4.14. The molecule has 104 valence electrons. The number of nitrogens with zero attached hydrogens (tertiary/aromatic N) is 1. The number of rotatable bonds is 12. The van der Waals surface area contributed by atoms with Crippen LogP contribution in [0, 0.1) is 0 Å². The molecule has 5 heteroatoms. The van der Waals surface area contributed by atoms with E-state index < -0.39 is 0 Å². The smallest absolute Gasteiger partial charge is 0.0613 e. The van der Waals surface area contributed by atoms with Crippen LogP contribution in [0.3, 0.4) is 0 Å². The number of hydrogen-bond acceptors (Lipinski definition) is 5. The fourth-order valence-corrected chi connectivity index (χ4v) is 1.55. The largest absolute Gasteiger partial charge is 0.383 e. The molecule has 0 spiro atoms. The van der Waals surface area contributed by atoms with Gasteiger partial charge in [-0.1, -0.05) is 0 Å². The third-order valence-corrected chi connectivity index (χ3v) is 2.56. The van der Waals surface area contributed by atoms with Gasteiger partial charge < -0.3 is 19.5 Å². The molecule has 1 N–H and O–H groups in total. The SMILES string of the molecule is COCCN(CCNC(C)COC)CCOC. The zero-order valence-electron chi connectivity index (χ0n) is 11.7. The van der Waals surface area contributed by atoms with E-state index in [4.69, 9.17) is 14.2 Å². The molecule has 1 atom stereocenters. The zero-order chi connectivity index (χ0) is 12.9. The highest BCUT2D eigenvalue weighted by atomic mass is 16.5. The molecule has 0 bridgehead atoms. The van der Waals surface area contributed by atoms with E-state index in [-0.39, 0.29) is 0 Å². The summed E-state index contributed by atoms with van der Waals surface area (Å²) in [6.45, 7) is 8.24. The lowest BCUT2D eigenvalue weighted by Crippen LogP contribution is -2.40. The Hall–Kier alpha value is -0.200. The summed E-state index contributed by atoms with van der Waals surface area (Å²) in [6, 6.07) is 0.395. The average Bonchev–Trinajstić information content (AvgIpc) is 2.32. The first-order valence-corrected chi connectivity index (χ1v) is 6.17. The molecule has 17 heavy (non-hydrogen) atoms. The van der Waals surface area contributed by atoms with Crippen LogP contribution in [0.25, 0.3) is 0 Å². The van der Waals surface area contributed by atoms with Crippen molar-refractivity contribution in [1.82, 2.24) is 10.2 Å². The van der Waals surface area contributed by atoms with Gasteiger partial charge in [0.25, 0.3) is 0 Å². The van der Waals surface area contributed by atoms with Crippen LogP contribution in [0.5, 0.6) is 0 Å². The summed E-state index contributed by atoms with van der Waals surface area (Å²) in [6.07, 6.45) is 0. The van der Waals surface area contributed by atoms with Gasteiger partial charge in [0.2, 0.25) is 0 Å². The summed E-state index contributed by atoms with van der Waals surface area (Å²) in [5.41, 5.74) is 0. The van der Waals surface area contributed by atoms with Crippen LogP contribution in [-0.4, -0.2) is 78.3 Å². The number of nitrogens with one attached hydrogen (secondary N) is 1. The summed E-state index contributed by atoms with van der Waals surface area (Å²) in [7, 11) is 5.18. The molecule has 0 saturated carbocycles. The molecular weight excluding hydrogens is 220 g/mol. The van der Waals surface area contributed by atoms with Gasteiger partial charge in [-0.25, -0.2) is 0 Å². The van der Waals surface area contributed by atoms with Crippen molar-refractivity contribution in [2.45, 2.75) is 13.0 Å². The minimum Gasteiger partial charge on any atom is -0.383 e. The molecule has 0 radical (unpaired) electrons. The summed E-state index contributed by atoms with van der Waals surface area (Å²) in [5.74, 6) is 0. The van der Waals surface area contributed by atoms with Gasteiger partial charge in [0.1, 0.15) is 0 Å². The molecule has 0 saturated heterocycles. The molecule has 0 fully saturated rings. The Morgan fingerprint density at radius 2 is 1.53 bits per heavy atom. The van der Waals surface area contributed by atoms with E-state index in [2.05, 4.69) is 17.1 Å². The molecule has 0 heterocycles. The van der Waals surface area contributed by atoms with Crippen LogP contribution < -0.4 is 5.32 Å². The molecule has 0 rings (SSSR count). The quantitative estimate of drug-likeness (QED) is 0.535. The minimum atomic E-state index is 0.395. The average molecular weight is 248 g/mol. The first-order valence-electron chi connectivity index (χ1n) is 6.17. The highest BCUT2D eigenvalue weighted by Gasteiger charge is 2.05. The van der Waals surface area contributed by atoms with E-state index in [9.17, 15) is 0 Å². The monoisotopic (exact) mass is 248 g/mol. The van der Waals surface area contributed by atoms with Gasteiger partial charge in [0.15, 0.2) is 0 Å². The van der Waals surface area contributed by atoms with Crippen molar-refractivity contribution in [2.24, 2.45) is 0 Å². The predicted molar refractivity (Wildman–Crippen MR) is 69.5 cm³/mol. The lowest BCUT2D eigenvalue weighted by molar-refractivity contribution is 0.112. The maximum atomic E-state index is 5.10. The first kappa shape index (κ1) is 16.8. The maximum absolute atomic E-state index is 5.10. The Morgan fingerprint density at radius 1 is 0.941 bits per heavy atom. The van der Waals surface area contributed by atoms with Crippen molar-refractivity contribution in [3.63, 3.8) is 0 Å². The topological polar surface area (TPSA) is 43.0 Å². The third-order valence-electron chi connectivity index (χ3n) is 2.56. The minimum absolute atomic E-state index is 0.395. The van der Waals surface area contributed by atoms with Crippen molar-refractivity contribution < 1.29 is 14.2 Å². The van der Waals surface area contributed by atoms with Crippen LogP contribution in [0.4, 0.5) is 0 Å². The number of ether oxygens (including phenoxy) is 3. The second kappa shape index (κ2) is 12.3. The molecule has 0 aromatic carbocycles. The molecule has 0 aromatic heterocycles. The summed E-state index contributed by atoms with van der Waals surface area (Å²) in [4.78, 5) is 2.33. The van der Waals surface area contributed by atoms with Crippen molar-refractivity contribution in [1.29, 1.82) is 0 Å². The van der Waals surface area contributed by atoms with Gasteiger partial charge in [0, 0.05) is 53.6 Å². The van der Waals surface area contributed by atoms with Crippen molar-refractivity contribution in [3.8, 4) is 0 Å². The Kier molecular flexibility index (Phi) is 12.1. The van der Waals surface area contributed by atoms with Crippen LogP contribution in [-0.2, 0) is 14.2 Å². The van der Waals surface area contributed by atoms with Crippen LogP contribution in [0.2, 0.25) is 0 Å². The fourth-order valence-electron chi connectivity index (χ4n) is 1.55. The summed E-state index contributed by atoms with van der Waals surface area (Å²) < 4.78 is 15.3. The first-order chi connectivity index (χ1) is 8.24. The van der Waals surface area contributed by atoms with E-state index >= 15 is 0 Å². The molecule has 5 nitrogen and oxygen atoms in total. The molecule has 0 aromatic rings. The predicted octanol–water partition coefficient (Wildman–Crippen LogP) is 0.206. The Morgan fingerprint density at radius 3 is 2.00 bits per heavy atom. The van der Waals surface area contributed by atoms with Gasteiger partial charge in [-0.05, 0) is 6.92 Å². The third kappa shape index (κ3) is 10.7. The molecular formula is C12H28N2O3. The van der Waals surface area contributed by atoms with E-state index in [0.29, 0.717) is 6.04 Å². The van der Waals surface area contributed by atoms with Crippen LogP contribution in [0.1, 0.15) is 6.92 Å². The van der Waals surface area contributed by atoms with Gasteiger partial charge in [0.05, 0.1) is 19.8 Å². The van der Waals surface area contributed by atoms with Crippen LogP contribution in [0.15, 0.2) is 0 Å². The molecule has 0 aliphatic rings. The lowest BCUT2D eigenvalue weighted by Gasteiger charge is -2.22. The fraction of sp³-hybridized carbons (Fsp3) is 1.00. The molecule has 0 aliphatic heterocycles. The highest BCUT2D eigenvalue weighted by molar-refractivity contribution is 4.63. The van der Waals surface area contributed by atoms with Gasteiger partial charge in [-0.3, -0.25) is 4.90 Å². The lowest BCUT2D eigenvalue weighted by atomic mass is 10.3. The number of hydrogen-bond donors (Lipinski definition) is 1.